The Kier molecular flexibility index (Phi) is 3.88. The Morgan fingerprint density at radius 1 is 1.54 bits per heavy atom. The summed E-state index contributed by atoms with van der Waals surface area (Å²) in [4.78, 5) is 4.29. The average molecular weight is 308 g/mol. The van der Waals surface area contributed by atoms with E-state index < -0.39 is 0 Å². The van der Waals surface area contributed by atoms with Crippen LogP contribution in [0.2, 0.25) is 0 Å². The lowest BCUT2D eigenvalue weighted by Crippen LogP contribution is -2.12. The van der Waals surface area contributed by atoms with Crippen LogP contribution in [-0.2, 0) is 0 Å². The highest BCUT2D eigenvalue weighted by Crippen LogP contribution is 2.29. The SMILES string of the molecule is CC[C@@H](N)c1ncc(Br)c(C)c1Br. The monoisotopic (exact) mass is 306 g/mol. The number of hydrogen-bond donors (Lipinski definition) is 1. The number of halogens is 2. The second-order valence-corrected chi connectivity index (χ2v) is 4.59. The van der Waals surface area contributed by atoms with Crippen molar-refractivity contribution in [2.45, 2.75) is 26.3 Å². The van der Waals surface area contributed by atoms with Gasteiger partial charge in [-0.2, -0.15) is 0 Å². The lowest BCUT2D eigenvalue weighted by molar-refractivity contribution is 0.670. The first kappa shape index (κ1) is 11.1. The zero-order chi connectivity index (χ0) is 10.0. The average Bonchev–Trinajstić information content (AvgIpc) is 2.13. The molecule has 0 aliphatic heterocycles. The summed E-state index contributed by atoms with van der Waals surface area (Å²) in [6, 6.07) is 0.0150. The van der Waals surface area contributed by atoms with Gasteiger partial charge in [0.2, 0.25) is 0 Å². The molecule has 0 saturated heterocycles. The fraction of sp³-hybridized carbons (Fsp3) is 0.444. The van der Waals surface area contributed by atoms with Crippen molar-refractivity contribution >= 4 is 31.9 Å². The van der Waals surface area contributed by atoms with Gasteiger partial charge in [-0.15, -0.1) is 0 Å². The van der Waals surface area contributed by atoms with Crippen LogP contribution in [0.4, 0.5) is 0 Å². The summed E-state index contributed by atoms with van der Waals surface area (Å²) < 4.78 is 2.02. The molecule has 0 saturated carbocycles. The van der Waals surface area contributed by atoms with Crippen molar-refractivity contribution < 1.29 is 0 Å². The number of hydrogen-bond acceptors (Lipinski definition) is 2. The first-order chi connectivity index (χ1) is 6.07. The van der Waals surface area contributed by atoms with E-state index >= 15 is 0 Å². The predicted octanol–water partition coefficient (Wildman–Crippen LogP) is 3.32. The van der Waals surface area contributed by atoms with Crippen LogP contribution in [0, 0.1) is 6.92 Å². The first-order valence-electron chi connectivity index (χ1n) is 4.14. The van der Waals surface area contributed by atoms with E-state index in [-0.39, 0.29) is 6.04 Å². The zero-order valence-corrected chi connectivity index (χ0v) is 10.8. The second kappa shape index (κ2) is 4.53. The molecule has 0 radical (unpaired) electrons. The molecule has 2 nitrogen and oxygen atoms in total. The van der Waals surface area contributed by atoms with Gasteiger partial charge in [0.25, 0.3) is 0 Å². The topological polar surface area (TPSA) is 38.9 Å². The quantitative estimate of drug-likeness (QED) is 0.910. The minimum Gasteiger partial charge on any atom is -0.323 e. The van der Waals surface area contributed by atoms with Gasteiger partial charge in [0, 0.05) is 21.2 Å². The molecular formula is C9H12Br2N2. The number of pyridine rings is 1. The van der Waals surface area contributed by atoms with Gasteiger partial charge in [-0.25, -0.2) is 0 Å². The van der Waals surface area contributed by atoms with Crippen LogP contribution < -0.4 is 5.73 Å². The lowest BCUT2D eigenvalue weighted by Gasteiger charge is -2.12. The number of nitrogens with two attached hydrogens (primary N) is 1. The van der Waals surface area contributed by atoms with Crippen molar-refractivity contribution in [1.29, 1.82) is 0 Å². The normalized spacial score (nSPS) is 13.0. The number of aromatic nitrogens is 1. The first-order valence-corrected chi connectivity index (χ1v) is 5.72. The van der Waals surface area contributed by atoms with Gasteiger partial charge in [-0.05, 0) is 50.8 Å². The van der Waals surface area contributed by atoms with E-state index in [1.165, 1.54) is 0 Å². The largest absolute Gasteiger partial charge is 0.323 e. The highest BCUT2D eigenvalue weighted by atomic mass is 79.9. The molecule has 1 aromatic heterocycles. The van der Waals surface area contributed by atoms with Crippen molar-refractivity contribution in [2.24, 2.45) is 5.73 Å². The summed E-state index contributed by atoms with van der Waals surface area (Å²) in [6.07, 6.45) is 2.69. The molecule has 2 N–H and O–H groups in total. The molecule has 0 aliphatic carbocycles. The minimum absolute atomic E-state index is 0.0150. The maximum Gasteiger partial charge on any atom is 0.0716 e. The molecule has 0 aromatic carbocycles. The fourth-order valence-electron chi connectivity index (χ4n) is 1.03. The van der Waals surface area contributed by atoms with Crippen LogP contribution in [0.3, 0.4) is 0 Å². The van der Waals surface area contributed by atoms with E-state index in [1.807, 2.05) is 6.92 Å². The smallest absolute Gasteiger partial charge is 0.0716 e. The summed E-state index contributed by atoms with van der Waals surface area (Å²) in [5, 5.41) is 0. The Morgan fingerprint density at radius 3 is 2.69 bits per heavy atom. The molecule has 0 fully saturated rings. The molecule has 0 spiro atoms. The van der Waals surface area contributed by atoms with Crippen molar-refractivity contribution in [2.75, 3.05) is 0 Å². The molecule has 1 rings (SSSR count). The lowest BCUT2D eigenvalue weighted by atomic mass is 10.1. The van der Waals surface area contributed by atoms with Crippen molar-refractivity contribution in [3.63, 3.8) is 0 Å². The van der Waals surface area contributed by atoms with Crippen LogP contribution in [0.5, 0.6) is 0 Å². The Hall–Kier alpha value is 0.0700. The van der Waals surface area contributed by atoms with Crippen LogP contribution in [0.25, 0.3) is 0 Å². The maximum absolute atomic E-state index is 5.91. The number of nitrogens with zero attached hydrogens (tertiary/aromatic N) is 1. The molecule has 13 heavy (non-hydrogen) atoms. The van der Waals surface area contributed by atoms with Crippen molar-refractivity contribution in [3.05, 3.63) is 26.4 Å². The zero-order valence-electron chi connectivity index (χ0n) is 7.64. The minimum atomic E-state index is 0.0150. The third-order valence-electron chi connectivity index (χ3n) is 2.02. The molecule has 0 amide bonds. The summed E-state index contributed by atoms with van der Waals surface area (Å²) in [5.74, 6) is 0. The second-order valence-electron chi connectivity index (χ2n) is 2.95. The van der Waals surface area contributed by atoms with Crippen LogP contribution in [0.1, 0.15) is 30.6 Å². The summed E-state index contributed by atoms with van der Waals surface area (Å²) in [5.41, 5.74) is 7.99. The van der Waals surface area contributed by atoms with E-state index in [0.29, 0.717) is 0 Å². The molecule has 72 valence electrons. The summed E-state index contributed by atoms with van der Waals surface area (Å²) in [6.45, 7) is 4.08. The van der Waals surface area contributed by atoms with Crippen LogP contribution in [-0.4, -0.2) is 4.98 Å². The van der Waals surface area contributed by atoms with Gasteiger partial charge in [-0.1, -0.05) is 6.92 Å². The highest BCUT2D eigenvalue weighted by molar-refractivity contribution is 9.11. The van der Waals surface area contributed by atoms with E-state index in [1.54, 1.807) is 6.20 Å². The van der Waals surface area contributed by atoms with E-state index in [4.69, 9.17) is 5.73 Å². The Balaban J connectivity index is 3.18. The Morgan fingerprint density at radius 2 is 2.15 bits per heavy atom. The van der Waals surface area contributed by atoms with Crippen molar-refractivity contribution in [3.8, 4) is 0 Å². The molecule has 1 atom stereocenters. The molecule has 1 heterocycles. The highest BCUT2D eigenvalue weighted by Gasteiger charge is 2.12. The van der Waals surface area contributed by atoms with E-state index in [0.717, 1.165) is 26.6 Å². The van der Waals surface area contributed by atoms with Gasteiger partial charge in [0.1, 0.15) is 0 Å². The van der Waals surface area contributed by atoms with Crippen molar-refractivity contribution in [1.82, 2.24) is 4.98 Å². The Bertz CT molecular complexity index is 313. The van der Waals surface area contributed by atoms with Gasteiger partial charge < -0.3 is 5.73 Å². The van der Waals surface area contributed by atoms with E-state index in [9.17, 15) is 0 Å². The summed E-state index contributed by atoms with van der Waals surface area (Å²) in [7, 11) is 0. The fourth-order valence-corrected chi connectivity index (χ4v) is 2.21. The van der Waals surface area contributed by atoms with Gasteiger partial charge >= 0.3 is 0 Å². The molecule has 0 bridgehead atoms. The van der Waals surface area contributed by atoms with Gasteiger partial charge in [0.15, 0.2) is 0 Å². The molecule has 4 heteroatoms. The Labute approximate surface area is 95.2 Å². The molecule has 0 unspecified atom stereocenters. The van der Waals surface area contributed by atoms with Gasteiger partial charge in [-0.3, -0.25) is 4.98 Å². The standard InChI is InChI=1S/C9H12Br2N2/c1-3-7(12)9-8(11)5(2)6(10)4-13-9/h4,7H,3,12H2,1-2H3/t7-/m1/s1. The summed E-state index contributed by atoms with van der Waals surface area (Å²) >= 11 is 6.92. The van der Waals surface area contributed by atoms with Gasteiger partial charge in [0.05, 0.1) is 5.69 Å². The molecular weight excluding hydrogens is 296 g/mol. The molecule has 0 aliphatic rings. The van der Waals surface area contributed by atoms with Crippen LogP contribution in [0.15, 0.2) is 15.1 Å². The third-order valence-corrected chi connectivity index (χ3v) is 3.82. The van der Waals surface area contributed by atoms with Crippen LogP contribution >= 0.6 is 31.9 Å². The number of rotatable bonds is 2. The molecule has 1 aromatic rings. The van der Waals surface area contributed by atoms with E-state index in [2.05, 4.69) is 43.8 Å². The predicted molar refractivity (Wildman–Crippen MR) is 61.6 cm³/mol. The third kappa shape index (κ3) is 2.30. The maximum atomic E-state index is 5.91.